The summed E-state index contributed by atoms with van der Waals surface area (Å²) in [7, 11) is 4.31. The molecule has 2 rings (SSSR count). The molecule has 0 unspecified atom stereocenters. The summed E-state index contributed by atoms with van der Waals surface area (Å²) in [5, 5.41) is 2.70. The Balaban J connectivity index is 2.22. The lowest BCUT2D eigenvalue weighted by Gasteiger charge is -2.13. The number of amides is 1. The topological polar surface area (TPSA) is 69.7 Å². The van der Waals surface area contributed by atoms with Crippen LogP contribution in [0, 0.1) is 5.82 Å². The van der Waals surface area contributed by atoms with Crippen LogP contribution in [-0.4, -0.2) is 32.2 Å². The number of aromatic nitrogens is 1. The molecule has 1 aromatic carbocycles. The molecule has 0 bridgehead atoms. The van der Waals surface area contributed by atoms with Crippen molar-refractivity contribution in [2.75, 3.05) is 21.3 Å². The first-order valence-electron chi connectivity index (χ1n) is 6.78. The van der Waals surface area contributed by atoms with Crippen LogP contribution in [-0.2, 0) is 6.54 Å². The maximum absolute atomic E-state index is 12.9. The number of nitrogens with zero attached hydrogens (tertiary/aromatic N) is 1. The van der Waals surface area contributed by atoms with Crippen LogP contribution < -0.4 is 19.5 Å². The number of pyridine rings is 1. The van der Waals surface area contributed by atoms with Crippen LogP contribution in [0.1, 0.15) is 16.1 Å². The maximum atomic E-state index is 12.9. The van der Waals surface area contributed by atoms with Gasteiger partial charge in [0.2, 0.25) is 5.88 Å². The molecule has 2 aromatic rings. The smallest absolute Gasteiger partial charge is 0.274 e. The normalized spacial score (nSPS) is 10.1. The van der Waals surface area contributed by atoms with Crippen molar-refractivity contribution in [3.8, 4) is 17.4 Å². The summed E-state index contributed by atoms with van der Waals surface area (Å²) in [6.07, 6.45) is 0. The number of carbonyl (C=O) groups is 1. The molecule has 1 N–H and O–H groups in total. The van der Waals surface area contributed by atoms with Crippen molar-refractivity contribution in [1.29, 1.82) is 0 Å². The van der Waals surface area contributed by atoms with Crippen LogP contribution >= 0.6 is 0 Å². The fourth-order valence-electron chi connectivity index (χ4n) is 1.96. The van der Waals surface area contributed by atoms with Gasteiger partial charge in [-0.05, 0) is 17.7 Å². The number of hydrogen-bond acceptors (Lipinski definition) is 5. The molecule has 1 heterocycles. The number of methoxy groups -OCH3 is 3. The molecule has 7 heteroatoms. The van der Waals surface area contributed by atoms with Crippen LogP contribution in [0.4, 0.5) is 4.39 Å². The van der Waals surface area contributed by atoms with Gasteiger partial charge in [0.25, 0.3) is 5.91 Å². The number of carbonyl (C=O) groups excluding carboxylic acids is 1. The van der Waals surface area contributed by atoms with E-state index < -0.39 is 5.91 Å². The van der Waals surface area contributed by atoms with E-state index >= 15 is 0 Å². The molecule has 0 fully saturated rings. The summed E-state index contributed by atoms with van der Waals surface area (Å²) in [5.41, 5.74) is 0.805. The highest BCUT2D eigenvalue weighted by atomic mass is 19.1. The zero-order valence-electron chi connectivity index (χ0n) is 13.1. The third-order valence-corrected chi connectivity index (χ3v) is 3.13. The highest BCUT2D eigenvalue weighted by Crippen LogP contribution is 2.33. The lowest BCUT2D eigenvalue weighted by molar-refractivity contribution is 0.0940. The van der Waals surface area contributed by atoms with Gasteiger partial charge in [0, 0.05) is 12.6 Å². The van der Waals surface area contributed by atoms with Gasteiger partial charge >= 0.3 is 0 Å². The monoisotopic (exact) mass is 320 g/mol. The minimum absolute atomic E-state index is 0.0470. The lowest BCUT2D eigenvalue weighted by atomic mass is 10.2. The van der Waals surface area contributed by atoms with Gasteiger partial charge in [0.05, 0.1) is 21.3 Å². The highest BCUT2D eigenvalue weighted by Gasteiger charge is 2.20. The predicted octanol–water partition coefficient (Wildman–Crippen LogP) is 2.18. The average molecular weight is 320 g/mol. The van der Waals surface area contributed by atoms with Gasteiger partial charge in [-0.25, -0.2) is 9.37 Å². The fraction of sp³-hybridized carbons (Fsp3) is 0.250. The lowest BCUT2D eigenvalue weighted by Crippen LogP contribution is -2.24. The van der Waals surface area contributed by atoms with Crippen molar-refractivity contribution in [1.82, 2.24) is 10.3 Å². The Labute approximate surface area is 133 Å². The minimum atomic E-state index is -0.455. The number of benzene rings is 1. The van der Waals surface area contributed by atoms with Crippen molar-refractivity contribution in [3.05, 3.63) is 47.4 Å². The molecule has 0 aliphatic rings. The van der Waals surface area contributed by atoms with E-state index in [0.29, 0.717) is 5.75 Å². The Morgan fingerprint density at radius 1 is 1.13 bits per heavy atom. The van der Waals surface area contributed by atoms with E-state index in [1.165, 1.54) is 39.5 Å². The summed E-state index contributed by atoms with van der Waals surface area (Å²) < 4.78 is 28.3. The predicted molar refractivity (Wildman–Crippen MR) is 81.5 cm³/mol. The van der Waals surface area contributed by atoms with Crippen molar-refractivity contribution < 1.29 is 23.4 Å². The molecule has 0 aliphatic heterocycles. The second-order valence-corrected chi connectivity index (χ2v) is 4.56. The van der Waals surface area contributed by atoms with Gasteiger partial charge in [-0.2, -0.15) is 0 Å². The van der Waals surface area contributed by atoms with Crippen LogP contribution in [0.3, 0.4) is 0 Å². The first-order valence-corrected chi connectivity index (χ1v) is 6.78. The van der Waals surface area contributed by atoms with Crippen LogP contribution in [0.2, 0.25) is 0 Å². The first-order chi connectivity index (χ1) is 11.1. The Hall–Kier alpha value is -2.83. The minimum Gasteiger partial charge on any atom is -0.493 e. The molecule has 0 radical (unpaired) electrons. The van der Waals surface area contributed by atoms with Gasteiger partial charge in [-0.15, -0.1) is 0 Å². The first kappa shape index (κ1) is 16.5. The summed E-state index contributed by atoms with van der Waals surface area (Å²) in [6.45, 7) is 0.226. The molecule has 0 saturated heterocycles. The van der Waals surface area contributed by atoms with E-state index in [1.54, 1.807) is 12.1 Å². The average Bonchev–Trinajstić information content (AvgIpc) is 2.59. The highest BCUT2D eigenvalue weighted by molar-refractivity contribution is 5.96. The molecule has 0 atom stereocenters. The molecule has 0 aliphatic carbocycles. The Kier molecular flexibility index (Phi) is 5.35. The van der Waals surface area contributed by atoms with Crippen molar-refractivity contribution in [2.24, 2.45) is 0 Å². The summed E-state index contributed by atoms with van der Waals surface area (Å²) in [4.78, 5) is 16.5. The Morgan fingerprint density at radius 2 is 1.83 bits per heavy atom. The van der Waals surface area contributed by atoms with Gasteiger partial charge in [0.15, 0.2) is 17.2 Å². The van der Waals surface area contributed by atoms with Crippen molar-refractivity contribution >= 4 is 5.91 Å². The summed E-state index contributed by atoms with van der Waals surface area (Å²) in [5.74, 6) is -0.00455. The Bertz CT molecular complexity index is 689. The van der Waals surface area contributed by atoms with E-state index in [9.17, 15) is 9.18 Å². The van der Waals surface area contributed by atoms with Crippen LogP contribution in [0.5, 0.6) is 17.4 Å². The second kappa shape index (κ2) is 7.44. The summed E-state index contributed by atoms with van der Waals surface area (Å²) in [6, 6.07) is 7.36. The van der Waals surface area contributed by atoms with Crippen molar-refractivity contribution in [2.45, 2.75) is 6.54 Å². The second-order valence-electron chi connectivity index (χ2n) is 4.56. The molecule has 1 amide bonds. The van der Waals surface area contributed by atoms with E-state index in [1.807, 2.05) is 0 Å². The van der Waals surface area contributed by atoms with E-state index in [2.05, 4.69) is 10.3 Å². The number of nitrogens with one attached hydrogen (secondary N) is 1. The fourth-order valence-corrected chi connectivity index (χ4v) is 1.96. The van der Waals surface area contributed by atoms with E-state index in [-0.39, 0.29) is 29.7 Å². The van der Waals surface area contributed by atoms with Crippen LogP contribution in [0.25, 0.3) is 0 Å². The van der Waals surface area contributed by atoms with Crippen LogP contribution in [0.15, 0.2) is 30.3 Å². The molecular weight excluding hydrogens is 303 g/mol. The molecule has 122 valence electrons. The molecule has 1 aromatic heterocycles. The molecule has 23 heavy (non-hydrogen) atoms. The van der Waals surface area contributed by atoms with E-state index in [0.717, 1.165) is 5.56 Å². The quantitative estimate of drug-likeness (QED) is 0.883. The third kappa shape index (κ3) is 3.88. The standard InChI is InChI=1S/C16H17FN2O4/c1-21-12-8-13(22-2)19-14(15(12)23-3)16(20)18-9-10-4-6-11(17)7-5-10/h4-8H,9H2,1-3H3,(H,18,20). The SMILES string of the molecule is COc1cc(OC)c(OC)c(C(=O)NCc2ccc(F)cc2)n1. The van der Waals surface area contributed by atoms with Gasteiger partial charge in [-0.1, -0.05) is 12.1 Å². The molecule has 0 spiro atoms. The molecular formula is C16H17FN2O4. The third-order valence-electron chi connectivity index (χ3n) is 3.13. The Morgan fingerprint density at radius 3 is 2.39 bits per heavy atom. The number of halogens is 1. The number of rotatable bonds is 6. The maximum Gasteiger partial charge on any atom is 0.274 e. The summed E-state index contributed by atoms with van der Waals surface area (Å²) >= 11 is 0. The molecule has 0 saturated carbocycles. The zero-order chi connectivity index (χ0) is 16.8. The molecule has 6 nitrogen and oxygen atoms in total. The van der Waals surface area contributed by atoms with Gasteiger partial charge < -0.3 is 19.5 Å². The zero-order valence-corrected chi connectivity index (χ0v) is 13.1. The number of ether oxygens (including phenoxy) is 3. The largest absolute Gasteiger partial charge is 0.493 e. The van der Waals surface area contributed by atoms with Crippen molar-refractivity contribution in [3.63, 3.8) is 0 Å². The van der Waals surface area contributed by atoms with E-state index in [4.69, 9.17) is 14.2 Å². The van der Waals surface area contributed by atoms with Gasteiger partial charge in [-0.3, -0.25) is 4.79 Å². The van der Waals surface area contributed by atoms with Gasteiger partial charge in [0.1, 0.15) is 5.82 Å². The number of hydrogen-bond donors (Lipinski definition) is 1.